The predicted molar refractivity (Wildman–Crippen MR) is 99.3 cm³/mol. The van der Waals surface area contributed by atoms with Crippen LogP contribution in [0.3, 0.4) is 0 Å². The van der Waals surface area contributed by atoms with Gasteiger partial charge in [-0.1, -0.05) is 0 Å². The van der Waals surface area contributed by atoms with E-state index in [4.69, 9.17) is 9.04 Å². The SMILES string of the molecule is Cl.O=c1[nH]c2cc([N+](=O)[O-])cc(CNOP(=O)(O)Cc3ccco3)c2[nH]c1=O. The smallest absolute Gasteiger partial charge is 0.351 e. The van der Waals surface area contributed by atoms with Gasteiger partial charge in [-0.05, 0) is 12.1 Å². The van der Waals surface area contributed by atoms with Crippen molar-refractivity contribution in [3.8, 4) is 0 Å². The number of furan rings is 1. The summed E-state index contributed by atoms with van der Waals surface area (Å²) in [6.45, 7) is -0.261. The summed E-state index contributed by atoms with van der Waals surface area (Å²) >= 11 is 0. The molecule has 1 unspecified atom stereocenters. The van der Waals surface area contributed by atoms with E-state index >= 15 is 0 Å². The molecule has 4 N–H and O–H groups in total. The second-order valence-corrected chi connectivity index (χ2v) is 7.25. The third-order valence-electron chi connectivity index (χ3n) is 3.51. The minimum absolute atomic E-state index is 0. The first kappa shape index (κ1) is 21.5. The van der Waals surface area contributed by atoms with Crippen LogP contribution >= 0.6 is 20.0 Å². The molecule has 2 aromatic heterocycles. The fourth-order valence-corrected chi connectivity index (χ4v) is 3.27. The van der Waals surface area contributed by atoms with Crippen molar-refractivity contribution in [3.05, 3.63) is 72.7 Å². The number of aromatic nitrogens is 2. The first-order valence-corrected chi connectivity index (χ1v) is 9.21. The maximum atomic E-state index is 12.0. The summed E-state index contributed by atoms with van der Waals surface area (Å²) in [5.41, 5.74) is 0.343. The van der Waals surface area contributed by atoms with Crippen LogP contribution in [0, 0.1) is 10.1 Å². The summed E-state index contributed by atoms with van der Waals surface area (Å²) in [6, 6.07) is 5.28. The molecule has 2 heterocycles. The highest BCUT2D eigenvalue weighted by Crippen LogP contribution is 2.44. The highest BCUT2D eigenvalue weighted by molar-refractivity contribution is 7.51. The van der Waals surface area contributed by atoms with Crippen molar-refractivity contribution in [2.45, 2.75) is 12.7 Å². The van der Waals surface area contributed by atoms with Crippen molar-refractivity contribution in [1.82, 2.24) is 15.4 Å². The third-order valence-corrected chi connectivity index (χ3v) is 4.64. The number of hydrogen-bond donors (Lipinski definition) is 4. The van der Waals surface area contributed by atoms with E-state index in [-0.39, 0.29) is 53.2 Å². The van der Waals surface area contributed by atoms with Crippen LogP contribution < -0.4 is 16.6 Å². The lowest BCUT2D eigenvalue weighted by molar-refractivity contribution is -0.384. The molecule has 0 fully saturated rings. The molecule has 0 saturated heterocycles. The van der Waals surface area contributed by atoms with Crippen LogP contribution in [-0.2, 0) is 21.9 Å². The number of non-ortho nitro benzene ring substituents is 1. The quantitative estimate of drug-likeness (QED) is 0.186. The van der Waals surface area contributed by atoms with E-state index in [1.807, 2.05) is 0 Å². The van der Waals surface area contributed by atoms with E-state index in [0.717, 1.165) is 12.1 Å². The summed E-state index contributed by atoms with van der Waals surface area (Å²) in [4.78, 5) is 47.7. The number of rotatable bonds is 7. The monoisotopic (exact) mass is 432 g/mol. The molecular weight excluding hydrogens is 419 g/mol. The van der Waals surface area contributed by atoms with Gasteiger partial charge in [0.05, 0.1) is 22.2 Å². The first-order valence-electron chi connectivity index (χ1n) is 7.44. The van der Waals surface area contributed by atoms with Gasteiger partial charge in [0.15, 0.2) is 0 Å². The van der Waals surface area contributed by atoms with Crippen LogP contribution in [0.25, 0.3) is 11.0 Å². The lowest BCUT2D eigenvalue weighted by atomic mass is 10.1. The van der Waals surface area contributed by atoms with Crippen molar-refractivity contribution in [3.63, 3.8) is 0 Å². The summed E-state index contributed by atoms with van der Waals surface area (Å²) in [7, 11) is -4.10. The van der Waals surface area contributed by atoms with E-state index < -0.39 is 23.6 Å². The van der Waals surface area contributed by atoms with Gasteiger partial charge in [0.25, 0.3) is 5.69 Å². The van der Waals surface area contributed by atoms with Crippen LogP contribution in [-0.4, -0.2) is 19.8 Å². The van der Waals surface area contributed by atoms with Gasteiger partial charge in [0.2, 0.25) is 0 Å². The third kappa shape index (κ3) is 4.94. The maximum Gasteiger partial charge on any atom is 0.351 e. The molecule has 1 aromatic carbocycles. The lowest BCUT2D eigenvalue weighted by Crippen LogP contribution is -2.29. The number of nitro benzene ring substituents is 1. The standard InChI is InChI=1S/C14H13N4O8P.ClH/c19-13-14(20)17-12-8(4-9(18(21)22)5-11(12)16-13)6-15-26-27(23,24)7-10-2-1-3-25-10;/h1-5,15H,6-7H2,(H,16,19)(H,17,20)(H,23,24);1H. The number of hydrogen-bond acceptors (Lipinski definition) is 8. The topological polar surface area (TPSA) is 181 Å². The molecule has 1 atom stereocenters. The Balaban J connectivity index is 0.00000280. The molecule has 0 bridgehead atoms. The fourth-order valence-electron chi connectivity index (χ4n) is 2.37. The number of nitrogens with one attached hydrogen (secondary N) is 3. The average molecular weight is 433 g/mol. The van der Waals surface area contributed by atoms with Gasteiger partial charge < -0.3 is 19.3 Å². The molecule has 0 aliphatic carbocycles. The molecule has 150 valence electrons. The van der Waals surface area contributed by atoms with Crippen molar-refractivity contribution in [2.24, 2.45) is 0 Å². The zero-order valence-corrected chi connectivity index (χ0v) is 15.6. The van der Waals surface area contributed by atoms with Crippen LogP contribution in [0.4, 0.5) is 5.69 Å². The summed E-state index contributed by atoms with van der Waals surface area (Å²) < 4.78 is 21.8. The normalized spacial score (nSPS) is 13.0. The molecule has 14 heteroatoms. The van der Waals surface area contributed by atoms with E-state index in [0.29, 0.717) is 0 Å². The molecule has 12 nitrogen and oxygen atoms in total. The Hall–Kier alpha value is -2.76. The largest absolute Gasteiger partial charge is 0.469 e. The number of halogens is 1. The minimum atomic E-state index is -4.10. The van der Waals surface area contributed by atoms with Gasteiger partial charge in [0.1, 0.15) is 11.9 Å². The Morgan fingerprint density at radius 3 is 2.64 bits per heavy atom. The molecule has 3 rings (SSSR count). The summed E-state index contributed by atoms with van der Waals surface area (Å²) in [6.07, 6.45) is 0.960. The highest BCUT2D eigenvalue weighted by atomic mass is 35.5. The Labute approximate surface area is 161 Å². The van der Waals surface area contributed by atoms with Gasteiger partial charge in [0, 0.05) is 24.2 Å². The van der Waals surface area contributed by atoms with Gasteiger partial charge in [-0.3, -0.25) is 24.3 Å². The fraction of sp³-hybridized carbons (Fsp3) is 0.143. The first-order chi connectivity index (χ1) is 12.7. The van der Waals surface area contributed by atoms with Crippen molar-refractivity contribution < 1.29 is 23.4 Å². The van der Waals surface area contributed by atoms with Gasteiger partial charge in [-0.2, -0.15) is 5.48 Å². The number of hydroxylamine groups is 1. The second-order valence-electron chi connectivity index (χ2n) is 5.48. The Kier molecular flexibility index (Phi) is 6.54. The predicted octanol–water partition coefficient (Wildman–Crippen LogP) is 1.55. The van der Waals surface area contributed by atoms with Crippen LogP contribution in [0.15, 0.2) is 44.5 Å². The number of fused-ring (bicyclic) bond motifs is 1. The number of aromatic amines is 2. The Bertz CT molecular complexity index is 1160. The van der Waals surface area contributed by atoms with Crippen molar-refractivity contribution >= 4 is 36.7 Å². The Morgan fingerprint density at radius 2 is 2.00 bits per heavy atom. The van der Waals surface area contributed by atoms with Crippen molar-refractivity contribution in [1.29, 1.82) is 0 Å². The lowest BCUT2D eigenvalue weighted by Gasteiger charge is -2.12. The van der Waals surface area contributed by atoms with Crippen molar-refractivity contribution in [2.75, 3.05) is 0 Å². The molecule has 0 saturated carbocycles. The Morgan fingerprint density at radius 1 is 1.29 bits per heavy atom. The number of H-pyrrole nitrogens is 2. The molecule has 3 aromatic rings. The zero-order chi connectivity index (χ0) is 19.6. The molecule has 0 radical (unpaired) electrons. The van der Waals surface area contributed by atoms with Crippen LogP contribution in [0.1, 0.15) is 11.3 Å². The van der Waals surface area contributed by atoms with E-state index in [2.05, 4.69) is 15.4 Å². The van der Waals surface area contributed by atoms with E-state index in [1.54, 1.807) is 6.07 Å². The van der Waals surface area contributed by atoms with Crippen LogP contribution in [0.2, 0.25) is 0 Å². The maximum absolute atomic E-state index is 12.0. The van der Waals surface area contributed by atoms with E-state index in [9.17, 15) is 29.2 Å². The molecule has 28 heavy (non-hydrogen) atoms. The highest BCUT2D eigenvalue weighted by Gasteiger charge is 2.23. The number of benzene rings is 1. The molecular formula is C14H14ClN4O8P. The van der Waals surface area contributed by atoms with Gasteiger partial charge in [-0.25, -0.2) is 4.62 Å². The summed E-state index contributed by atoms with van der Waals surface area (Å²) in [5.74, 6) is 0.241. The molecule has 0 amide bonds. The van der Waals surface area contributed by atoms with Gasteiger partial charge in [-0.15, -0.1) is 12.4 Å². The molecule has 0 aliphatic rings. The second kappa shape index (κ2) is 8.50. The zero-order valence-electron chi connectivity index (χ0n) is 13.9. The van der Waals surface area contributed by atoms with E-state index in [1.165, 1.54) is 12.3 Å². The average Bonchev–Trinajstić information content (AvgIpc) is 3.08. The molecule has 0 aliphatic heterocycles. The molecule has 0 spiro atoms. The number of nitro groups is 1. The number of nitrogens with zero attached hydrogens (tertiary/aromatic N) is 1. The van der Waals surface area contributed by atoms with Crippen LogP contribution in [0.5, 0.6) is 0 Å². The van der Waals surface area contributed by atoms with Gasteiger partial charge >= 0.3 is 18.7 Å². The minimum Gasteiger partial charge on any atom is -0.469 e. The summed E-state index contributed by atoms with van der Waals surface area (Å²) in [5, 5.41) is 11.1.